The molecule has 1 aliphatic heterocycles. The third-order valence-electron chi connectivity index (χ3n) is 4.07. The highest BCUT2D eigenvalue weighted by Gasteiger charge is 2.30. The fourth-order valence-electron chi connectivity index (χ4n) is 2.81. The largest absolute Gasteiger partial charge is 0.369 e. The van der Waals surface area contributed by atoms with Crippen molar-refractivity contribution >= 4 is 5.69 Å². The minimum absolute atomic E-state index is 0.269. The van der Waals surface area contributed by atoms with Crippen molar-refractivity contribution in [2.45, 2.75) is 27.2 Å². The van der Waals surface area contributed by atoms with Crippen molar-refractivity contribution in [2.24, 2.45) is 5.41 Å². The van der Waals surface area contributed by atoms with Crippen LogP contribution in [0.3, 0.4) is 0 Å². The Hall–Kier alpha value is -2.44. The Morgan fingerprint density at radius 3 is 2.68 bits per heavy atom. The van der Waals surface area contributed by atoms with Crippen LogP contribution in [0.4, 0.5) is 5.69 Å². The van der Waals surface area contributed by atoms with Gasteiger partial charge >= 0.3 is 5.69 Å². The van der Waals surface area contributed by atoms with E-state index in [1.807, 2.05) is 13.0 Å². The number of nitrogens with zero attached hydrogens (tertiary/aromatic N) is 3. The van der Waals surface area contributed by atoms with Gasteiger partial charge in [-0.2, -0.15) is 5.10 Å². The topological polar surface area (TPSA) is 94.7 Å². The molecule has 0 aliphatic carbocycles. The molecule has 1 saturated heterocycles. The first-order valence-electron chi connectivity index (χ1n) is 7.27. The fourth-order valence-corrected chi connectivity index (χ4v) is 2.81. The molecule has 0 unspecified atom stereocenters. The van der Waals surface area contributed by atoms with Crippen LogP contribution in [0.25, 0.3) is 11.3 Å². The summed E-state index contributed by atoms with van der Waals surface area (Å²) >= 11 is 0. The maximum absolute atomic E-state index is 11.9. The highest BCUT2D eigenvalue weighted by atomic mass is 16.2. The average molecular weight is 301 g/mol. The highest BCUT2D eigenvalue weighted by Crippen LogP contribution is 2.34. The van der Waals surface area contributed by atoms with Crippen molar-refractivity contribution < 1.29 is 0 Å². The number of hydrogen-bond acceptors (Lipinski definition) is 5. The van der Waals surface area contributed by atoms with Gasteiger partial charge in [0.2, 0.25) is 0 Å². The van der Waals surface area contributed by atoms with Crippen LogP contribution in [-0.4, -0.2) is 33.3 Å². The zero-order valence-corrected chi connectivity index (χ0v) is 12.9. The molecule has 0 bridgehead atoms. The van der Waals surface area contributed by atoms with Crippen LogP contribution in [-0.2, 0) is 0 Å². The minimum Gasteiger partial charge on any atom is -0.369 e. The number of aryl methyl sites for hydroxylation is 1. The maximum atomic E-state index is 11.9. The van der Waals surface area contributed by atoms with E-state index in [9.17, 15) is 9.59 Å². The van der Waals surface area contributed by atoms with Gasteiger partial charge in [-0.3, -0.25) is 9.78 Å². The summed E-state index contributed by atoms with van der Waals surface area (Å²) in [7, 11) is 0. The lowest BCUT2D eigenvalue weighted by Gasteiger charge is -2.23. The Morgan fingerprint density at radius 2 is 2.05 bits per heavy atom. The number of hydrogen-bond donors (Lipinski definition) is 2. The smallest absolute Gasteiger partial charge is 0.325 e. The van der Waals surface area contributed by atoms with Crippen molar-refractivity contribution in [1.82, 2.24) is 20.2 Å². The fraction of sp³-hybridized carbons (Fsp3) is 0.467. The molecule has 0 atom stereocenters. The second-order valence-corrected chi connectivity index (χ2v) is 6.52. The third kappa shape index (κ3) is 2.66. The predicted molar refractivity (Wildman–Crippen MR) is 84.1 cm³/mol. The maximum Gasteiger partial charge on any atom is 0.325 e. The van der Waals surface area contributed by atoms with Gasteiger partial charge in [-0.25, -0.2) is 4.79 Å². The molecular weight excluding hydrogens is 282 g/mol. The van der Waals surface area contributed by atoms with Gasteiger partial charge in [-0.1, -0.05) is 13.8 Å². The first-order valence-corrected chi connectivity index (χ1v) is 7.27. The van der Waals surface area contributed by atoms with Crippen LogP contribution >= 0.6 is 0 Å². The first-order chi connectivity index (χ1) is 10.4. The summed E-state index contributed by atoms with van der Waals surface area (Å²) < 4.78 is 0. The van der Waals surface area contributed by atoms with E-state index < -0.39 is 11.2 Å². The van der Waals surface area contributed by atoms with Crippen LogP contribution in [0.1, 0.15) is 26.0 Å². The van der Waals surface area contributed by atoms with E-state index in [2.05, 4.69) is 38.9 Å². The number of aromatic amines is 2. The normalized spacial score (nSPS) is 17.0. The van der Waals surface area contributed by atoms with Crippen LogP contribution in [0.5, 0.6) is 0 Å². The summed E-state index contributed by atoms with van der Waals surface area (Å²) in [5.41, 5.74) is 1.87. The molecule has 2 aromatic rings. The predicted octanol–water partition coefficient (Wildman–Crippen LogP) is 1.06. The molecule has 3 heterocycles. The van der Waals surface area contributed by atoms with Crippen LogP contribution in [0.15, 0.2) is 21.9 Å². The average Bonchev–Trinajstić information content (AvgIpc) is 2.80. The standard InChI is InChI=1S/C15H19N5O2/c1-9-12(20-5-4-15(2,3)8-20)6-11(19-18-9)10-7-16-14(22)17-13(10)21/h6-7H,4-5,8H2,1-3H3,(H2,16,17,21,22). The second-order valence-electron chi connectivity index (χ2n) is 6.52. The summed E-state index contributed by atoms with van der Waals surface area (Å²) in [4.78, 5) is 30.0. The highest BCUT2D eigenvalue weighted by molar-refractivity contribution is 5.64. The molecule has 2 N–H and O–H groups in total. The van der Waals surface area contributed by atoms with E-state index in [1.165, 1.54) is 6.20 Å². The zero-order valence-electron chi connectivity index (χ0n) is 12.9. The molecule has 0 spiro atoms. The van der Waals surface area contributed by atoms with E-state index in [0.717, 1.165) is 30.9 Å². The lowest BCUT2D eigenvalue weighted by molar-refractivity contribution is 0.418. The molecule has 7 nitrogen and oxygen atoms in total. The molecular formula is C15H19N5O2. The molecule has 7 heteroatoms. The number of nitrogens with one attached hydrogen (secondary N) is 2. The molecule has 0 radical (unpaired) electrons. The van der Waals surface area contributed by atoms with Gasteiger partial charge in [0.25, 0.3) is 5.56 Å². The van der Waals surface area contributed by atoms with E-state index in [1.54, 1.807) is 0 Å². The second kappa shape index (κ2) is 5.08. The number of aromatic nitrogens is 4. The Bertz CT molecular complexity index is 821. The molecule has 0 amide bonds. The molecule has 0 aromatic carbocycles. The molecule has 22 heavy (non-hydrogen) atoms. The van der Waals surface area contributed by atoms with E-state index in [0.29, 0.717) is 11.3 Å². The quantitative estimate of drug-likeness (QED) is 0.865. The Kier molecular flexibility index (Phi) is 3.35. The van der Waals surface area contributed by atoms with E-state index in [4.69, 9.17) is 0 Å². The van der Waals surface area contributed by atoms with Gasteiger partial charge in [-0.15, -0.1) is 5.10 Å². The molecule has 1 fully saturated rings. The molecule has 116 valence electrons. The molecule has 0 saturated carbocycles. The van der Waals surface area contributed by atoms with Crippen molar-refractivity contribution in [3.63, 3.8) is 0 Å². The SMILES string of the molecule is Cc1nnc(-c2c[nH]c(=O)[nH]c2=O)cc1N1CCC(C)(C)C1. The molecule has 1 aliphatic rings. The molecule has 2 aromatic heterocycles. The van der Waals surface area contributed by atoms with E-state index in [-0.39, 0.29) is 5.41 Å². The van der Waals surface area contributed by atoms with Crippen molar-refractivity contribution in [2.75, 3.05) is 18.0 Å². The van der Waals surface area contributed by atoms with Gasteiger partial charge in [0.05, 0.1) is 16.9 Å². The van der Waals surface area contributed by atoms with Crippen LogP contribution in [0, 0.1) is 12.3 Å². The summed E-state index contributed by atoms with van der Waals surface area (Å²) in [6.07, 6.45) is 2.49. The van der Waals surface area contributed by atoms with E-state index >= 15 is 0 Å². The Balaban J connectivity index is 2.03. The zero-order chi connectivity index (χ0) is 15.9. The lowest BCUT2D eigenvalue weighted by atomic mass is 9.93. The Morgan fingerprint density at radius 1 is 1.27 bits per heavy atom. The molecule has 3 rings (SSSR count). The van der Waals surface area contributed by atoms with Gasteiger partial charge in [0.1, 0.15) is 5.69 Å². The number of rotatable bonds is 2. The van der Waals surface area contributed by atoms with Crippen LogP contribution < -0.4 is 16.1 Å². The lowest BCUT2D eigenvalue weighted by Crippen LogP contribution is -2.25. The van der Waals surface area contributed by atoms with Gasteiger partial charge in [0, 0.05) is 19.3 Å². The number of H-pyrrole nitrogens is 2. The number of anilines is 1. The monoisotopic (exact) mass is 301 g/mol. The summed E-state index contributed by atoms with van der Waals surface area (Å²) in [6.45, 7) is 8.30. The van der Waals surface area contributed by atoms with Gasteiger partial charge in [-0.05, 0) is 24.8 Å². The summed E-state index contributed by atoms with van der Waals surface area (Å²) in [5, 5.41) is 8.26. The summed E-state index contributed by atoms with van der Waals surface area (Å²) in [5.74, 6) is 0. The van der Waals surface area contributed by atoms with Crippen LogP contribution in [0.2, 0.25) is 0 Å². The van der Waals surface area contributed by atoms with Crippen molar-refractivity contribution in [3.8, 4) is 11.3 Å². The summed E-state index contributed by atoms with van der Waals surface area (Å²) in [6, 6.07) is 1.87. The van der Waals surface area contributed by atoms with Gasteiger partial charge in [0.15, 0.2) is 0 Å². The first kappa shape index (κ1) is 14.5. The third-order valence-corrected chi connectivity index (χ3v) is 4.07. The Labute approximate surface area is 127 Å². The van der Waals surface area contributed by atoms with Crippen molar-refractivity contribution in [1.29, 1.82) is 0 Å². The minimum atomic E-state index is -0.532. The van der Waals surface area contributed by atoms with Gasteiger partial charge < -0.3 is 9.88 Å². The van der Waals surface area contributed by atoms with Crippen molar-refractivity contribution in [3.05, 3.63) is 38.8 Å².